The maximum Gasteiger partial charge on any atom is 0.230 e. The van der Waals surface area contributed by atoms with Gasteiger partial charge in [0.25, 0.3) is 0 Å². The zero-order chi connectivity index (χ0) is 13.8. The molecule has 0 radical (unpaired) electrons. The highest BCUT2D eigenvalue weighted by atomic mass is 16.5. The van der Waals surface area contributed by atoms with Gasteiger partial charge in [0.1, 0.15) is 5.84 Å². The summed E-state index contributed by atoms with van der Waals surface area (Å²) in [7, 11) is 0. The number of aromatic nitrogens is 3. The lowest BCUT2D eigenvalue weighted by Crippen LogP contribution is -2.14. The van der Waals surface area contributed by atoms with E-state index in [0.29, 0.717) is 17.2 Å². The van der Waals surface area contributed by atoms with Crippen LogP contribution >= 0.6 is 0 Å². The molecular formula is C13H17N5O. The van der Waals surface area contributed by atoms with Crippen molar-refractivity contribution < 1.29 is 4.74 Å². The summed E-state index contributed by atoms with van der Waals surface area (Å²) in [6.07, 6.45) is 6.07. The highest BCUT2D eigenvalue weighted by Crippen LogP contribution is 2.24. The molecule has 0 bridgehead atoms. The van der Waals surface area contributed by atoms with Crippen LogP contribution in [0.25, 0.3) is 0 Å². The summed E-state index contributed by atoms with van der Waals surface area (Å²) in [5.41, 5.74) is 6.94. The van der Waals surface area contributed by atoms with Crippen LogP contribution in [0.5, 0.6) is 11.6 Å². The summed E-state index contributed by atoms with van der Waals surface area (Å²) in [5.74, 6) is 0.874. The first-order chi connectivity index (χ1) is 9.11. The Morgan fingerprint density at radius 1 is 1.53 bits per heavy atom. The lowest BCUT2D eigenvalue weighted by atomic mass is 10.1. The van der Waals surface area contributed by atoms with Gasteiger partial charge in [-0.05, 0) is 25.0 Å². The van der Waals surface area contributed by atoms with Crippen molar-refractivity contribution in [3.8, 4) is 11.6 Å². The average molecular weight is 259 g/mol. The average Bonchev–Trinajstić information content (AvgIpc) is 2.76. The van der Waals surface area contributed by atoms with E-state index in [0.717, 1.165) is 18.5 Å². The van der Waals surface area contributed by atoms with Crippen LogP contribution in [0.3, 0.4) is 0 Å². The minimum absolute atomic E-state index is 0.0541. The topological polar surface area (TPSA) is 89.8 Å². The standard InChI is InChI=1S/C13H17N5O/c1-3-6-18-8-10(7-17-18)19-13-11(12(14)15)9(2)4-5-16-13/h4-5,7-8H,3,6H2,1-2H3,(H3,14,15). The maximum absolute atomic E-state index is 7.59. The van der Waals surface area contributed by atoms with Crippen LogP contribution in [0.15, 0.2) is 24.7 Å². The van der Waals surface area contributed by atoms with E-state index in [1.807, 2.05) is 6.92 Å². The summed E-state index contributed by atoms with van der Waals surface area (Å²) < 4.78 is 7.47. The fraction of sp³-hybridized carbons (Fsp3) is 0.308. The van der Waals surface area contributed by atoms with Crippen LogP contribution < -0.4 is 10.5 Å². The first-order valence-electron chi connectivity index (χ1n) is 6.12. The molecule has 0 saturated heterocycles. The van der Waals surface area contributed by atoms with Crippen molar-refractivity contribution in [1.29, 1.82) is 5.41 Å². The molecule has 0 aliphatic heterocycles. The number of amidine groups is 1. The van der Waals surface area contributed by atoms with E-state index in [-0.39, 0.29) is 5.84 Å². The van der Waals surface area contributed by atoms with Gasteiger partial charge in [-0.25, -0.2) is 4.98 Å². The van der Waals surface area contributed by atoms with Crippen molar-refractivity contribution in [3.63, 3.8) is 0 Å². The summed E-state index contributed by atoms with van der Waals surface area (Å²) >= 11 is 0. The predicted octanol–water partition coefficient (Wildman–Crippen LogP) is 2.07. The van der Waals surface area contributed by atoms with E-state index >= 15 is 0 Å². The van der Waals surface area contributed by atoms with Gasteiger partial charge in [0.15, 0.2) is 5.75 Å². The third-order valence-electron chi connectivity index (χ3n) is 2.67. The molecule has 100 valence electrons. The second-order valence-corrected chi connectivity index (χ2v) is 4.26. The Kier molecular flexibility index (Phi) is 3.79. The highest BCUT2D eigenvalue weighted by Gasteiger charge is 2.13. The van der Waals surface area contributed by atoms with Crippen LogP contribution in [0.4, 0.5) is 0 Å². The molecule has 0 aliphatic carbocycles. The number of nitrogen functional groups attached to an aromatic ring is 1. The molecule has 19 heavy (non-hydrogen) atoms. The largest absolute Gasteiger partial charge is 0.435 e. The number of nitrogens with two attached hydrogens (primary N) is 1. The van der Waals surface area contributed by atoms with Gasteiger partial charge in [0, 0.05) is 12.7 Å². The van der Waals surface area contributed by atoms with E-state index in [1.165, 1.54) is 0 Å². The minimum atomic E-state index is -0.0541. The smallest absolute Gasteiger partial charge is 0.230 e. The van der Waals surface area contributed by atoms with E-state index in [1.54, 1.807) is 29.3 Å². The Morgan fingerprint density at radius 3 is 3.00 bits per heavy atom. The molecule has 0 amide bonds. The van der Waals surface area contributed by atoms with Gasteiger partial charge in [-0.2, -0.15) is 5.10 Å². The lowest BCUT2D eigenvalue weighted by Gasteiger charge is -2.09. The van der Waals surface area contributed by atoms with Gasteiger partial charge in [-0.1, -0.05) is 6.92 Å². The summed E-state index contributed by atoms with van der Waals surface area (Å²) in [4.78, 5) is 4.13. The first-order valence-corrected chi connectivity index (χ1v) is 6.12. The van der Waals surface area contributed by atoms with E-state index in [4.69, 9.17) is 15.9 Å². The number of rotatable bonds is 5. The second-order valence-electron chi connectivity index (χ2n) is 4.26. The predicted molar refractivity (Wildman–Crippen MR) is 72.6 cm³/mol. The van der Waals surface area contributed by atoms with E-state index in [2.05, 4.69) is 17.0 Å². The molecule has 2 aromatic heterocycles. The lowest BCUT2D eigenvalue weighted by molar-refractivity contribution is 0.459. The van der Waals surface area contributed by atoms with Crippen LogP contribution in [-0.4, -0.2) is 20.6 Å². The molecule has 0 fully saturated rings. The van der Waals surface area contributed by atoms with Gasteiger partial charge in [0.05, 0.1) is 18.0 Å². The Labute approximate surface area is 111 Å². The van der Waals surface area contributed by atoms with Gasteiger partial charge in [-0.3, -0.25) is 10.1 Å². The Bertz CT molecular complexity index is 590. The van der Waals surface area contributed by atoms with Crippen molar-refractivity contribution in [2.75, 3.05) is 0 Å². The third kappa shape index (κ3) is 2.90. The molecule has 0 unspecified atom stereocenters. The van der Waals surface area contributed by atoms with Gasteiger partial charge in [0.2, 0.25) is 5.88 Å². The monoisotopic (exact) mass is 259 g/mol. The quantitative estimate of drug-likeness (QED) is 0.635. The Balaban J connectivity index is 2.27. The number of hydrogen-bond acceptors (Lipinski definition) is 4. The molecule has 0 saturated carbocycles. The van der Waals surface area contributed by atoms with E-state index < -0.39 is 0 Å². The molecule has 2 aromatic rings. The zero-order valence-corrected chi connectivity index (χ0v) is 11.1. The number of nitrogens with zero attached hydrogens (tertiary/aromatic N) is 3. The van der Waals surface area contributed by atoms with Crippen LogP contribution in [0.1, 0.15) is 24.5 Å². The first kappa shape index (κ1) is 13.1. The van der Waals surface area contributed by atoms with Gasteiger partial charge < -0.3 is 10.5 Å². The van der Waals surface area contributed by atoms with Crippen molar-refractivity contribution in [1.82, 2.24) is 14.8 Å². The number of hydrogen-bond donors (Lipinski definition) is 2. The molecule has 3 N–H and O–H groups in total. The Hall–Kier alpha value is -2.37. The molecule has 0 spiro atoms. The van der Waals surface area contributed by atoms with Crippen LogP contribution in [0, 0.1) is 12.3 Å². The number of nitrogens with one attached hydrogen (secondary N) is 1. The van der Waals surface area contributed by atoms with Crippen LogP contribution in [0.2, 0.25) is 0 Å². The fourth-order valence-corrected chi connectivity index (χ4v) is 1.80. The molecular weight excluding hydrogens is 242 g/mol. The van der Waals surface area contributed by atoms with Crippen molar-refractivity contribution in [3.05, 3.63) is 35.8 Å². The van der Waals surface area contributed by atoms with Crippen molar-refractivity contribution >= 4 is 5.84 Å². The molecule has 6 nitrogen and oxygen atoms in total. The normalized spacial score (nSPS) is 10.4. The Morgan fingerprint density at radius 2 is 2.32 bits per heavy atom. The molecule has 0 atom stereocenters. The number of ether oxygens (including phenoxy) is 1. The van der Waals surface area contributed by atoms with Gasteiger partial charge >= 0.3 is 0 Å². The highest BCUT2D eigenvalue weighted by molar-refractivity contribution is 5.98. The van der Waals surface area contributed by atoms with Crippen molar-refractivity contribution in [2.24, 2.45) is 5.73 Å². The molecule has 0 aliphatic rings. The molecule has 0 aromatic carbocycles. The molecule has 6 heteroatoms. The molecule has 2 heterocycles. The summed E-state index contributed by atoms with van der Waals surface area (Å²) in [6, 6.07) is 1.80. The third-order valence-corrected chi connectivity index (χ3v) is 2.67. The summed E-state index contributed by atoms with van der Waals surface area (Å²) in [5, 5.41) is 11.8. The summed E-state index contributed by atoms with van der Waals surface area (Å²) in [6.45, 7) is 4.79. The second kappa shape index (κ2) is 5.51. The number of pyridine rings is 1. The fourth-order valence-electron chi connectivity index (χ4n) is 1.80. The molecule has 2 rings (SSSR count). The zero-order valence-electron chi connectivity index (χ0n) is 11.1. The maximum atomic E-state index is 7.59. The van der Waals surface area contributed by atoms with E-state index in [9.17, 15) is 0 Å². The van der Waals surface area contributed by atoms with Gasteiger partial charge in [-0.15, -0.1) is 0 Å². The van der Waals surface area contributed by atoms with Crippen molar-refractivity contribution in [2.45, 2.75) is 26.8 Å². The minimum Gasteiger partial charge on any atom is -0.435 e. The number of aryl methyl sites for hydroxylation is 2. The van der Waals surface area contributed by atoms with Crippen LogP contribution in [-0.2, 0) is 6.54 Å². The SMILES string of the molecule is CCCn1cc(Oc2nccc(C)c2C(=N)N)cn1.